The number of nitrogens with two attached hydrogens (primary N) is 1. The van der Waals surface area contributed by atoms with Crippen molar-refractivity contribution < 1.29 is 4.92 Å². The molecule has 1 heterocycles. The molecule has 2 aromatic rings. The summed E-state index contributed by atoms with van der Waals surface area (Å²) in [6.45, 7) is 4.22. The third-order valence-corrected chi connectivity index (χ3v) is 3.87. The zero-order valence-corrected chi connectivity index (χ0v) is 12.4. The van der Waals surface area contributed by atoms with Crippen molar-refractivity contribution in [1.82, 2.24) is 9.97 Å². The lowest BCUT2D eigenvalue weighted by Gasteiger charge is -2.07. The highest BCUT2D eigenvalue weighted by Gasteiger charge is 2.23. The van der Waals surface area contributed by atoms with Crippen LogP contribution in [0.25, 0.3) is 0 Å². The molecule has 0 atom stereocenters. The number of benzene rings is 1. The van der Waals surface area contributed by atoms with E-state index in [1.165, 1.54) is 23.7 Å². The predicted molar refractivity (Wildman–Crippen MR) is 81.2 cm³/mol. The highest BCUT2D eigenvalue weighted by Crippen LogP contribution is 2.36. The zero-order chi connectivity index (χ0) is 15.4. The molecule has 1 aromatic heterocycles. The maximum Gasteiger partial charge on any atom is 0.344 e. The molecule has 0 aliphatic carbocycles. The van der Waals surface area contributed by atoms with Crippen LogP contribution in [0, 0.1) is 10.1 Å². The summed E-state index contributed by atoms with van der Waals surface area (Å²) in [5.74, 6) is 5.68. The van der Waals surface area contributed by atoms with Crippen LogP contribution in [0.5, 0.6) is 0 Å². The van der Waals surface area contributed by atoms with E-state index in [-0.39, 0.29) is 16.5 Å². The Hall–Kier alpha value is -2.19. The van der Waals surface area contributed by atoms with Crippen LogP contribution in [0.1, 0.15) is 25.3 Å². The molecule has 1 aromatic carbocycles. The first-order valence-corrected chi connectivity index (χ1v) is 7.08. The highest BCUT2D eigenvalue weighted by molar-refractivity contribution is 7.99. The van der Waals surface area contributed by atoms with Gasteiger partial charge in [0.25, 0.3) is 0 Å². The van der Waals surface area contributed by atoms with E-state index in [0.717, 1.165) is 4.90 Å². The first kappa shape index (κ1) is 15.2. The number of nitro groups is 1. The monoisotopic (exact) mass is 305 g/mol. The number of anilines is 1. The van der Waals surface area contributed by atoms with Crippen molar-refractivity contribution >= 4 is 23.3 Å². The first-order valence-electron chi connectivity index (χ1n) is 6.26. The molecule has 3 N–H and O–H groups in total. The van der Waals surface area contributed by atoms with Crippen molar-refractivity contribution in [2.45, 2.75) is 29.7 Å². The SMILES string of the molecule is CC(C)c1ccc(Sc2ncnc(NN)c2[N+](=O)[O-])cc1. The number of hydrogen-bond donors (Lipinski definition) is 2. The minimum atomic E-state index is -0.542. The molecule has 2 rings (SSSR count). The van der Waals surface area contributed by atoms with Gasteiger partial charge in [0.2, 0.25) is 5.82 Å². The number of hydrazine groups is 1. The second-order valence-corrected chi connectivity index (χ2v) is 5.67. The minimum absolute atomic E-state index is 0.00343. The number of nitrogens with one attached hydrogen (secondary N) is 1. The predicted octanol–water partition coefficient (Wildman–Crippen LogP) is 2.94. The Kier molecular flexibility index (Phi) is 4.71. The van der Waals surface area contributed by atoms with Gasteiger partial charge in [-0.15, -0.1) is 0 Å². The average Bonchev–Trinajstić information content (AvgIpc) is 2.47. The molecule has 0 amide bonds. The Labute approximate surface area is 126 Å². The quantitative estimate of drug-likeness (QED) is 0.378. The molecule has 21 heavy (non-hydrogen) atoms. The molecular weight excluding hydrogens is 290 g/mol. The second-order valence-electron chi connectivity index (χ2n) is 4.60. The molecule has 0 aliphatic heterocycles. The molecule has 7 nitrogen and oxygen atoms in total. The Bertz CT molecular complexity index is 646. The number of nitrogen functional groups attached to an aromatic ring is 1. The molecule has 0 aliphatic rings. The van der Waals surface area contributed by atoms with Gasteiger partial charge in [0.15, 0.2) is 5.03 Å². The average molecular weight is 305 g/mol. The molecule has 0 saturated carbocycles. The Morgan fingerprint density at radius 1 is 1.29 bits per heavy atom. The molecule has 0 bridgehead atoms. The van der Waals surface area contributed by atoms with Gasteiger partial charge in [-0.05, 0) is 23.6 Å². The van der Waals surface area contributed by atoms with Crippen molar-refractivity contribution in [2.75, 3.05) is 5.43 Å². The minimum Gasteiger partial charge on any atom is -0.303 e. The van der Waals surface area contributed by atoms with Crippen LogP contribution in [-0.4, -0.2) is 14.9 Å². The third-order valence-electron chi connectivity index (χ3n) is 2.87. The summed E-state index contributed by atoms with van der Waals surface area (Å²) < 4.78 is 0. The normalized spacial score (nSPS) is 10.7. The van der Waals surface area contributed by atoms with Gasteiger partial charge in [-0.1, -0.05) is 37.7 Å². The maximum absolute atomic E-state index is 11.2. The molecule has 0 fully saturated rings. The van der Waals surface area contributed by atoms with Gasteiger partial charge in [0.05, 0.1) is 4.92 Å². The summed E-state index contributed by atoms with van der Waals surface area (Å²) in [6, 6.07) is 7.84. The van der Waals surface area contributed by atoms with E-state index >= 15 is 0 Å². The standard InChI is InChI=1S/C13H15N5O2S/c1-8(2)9-3-5-10(6-4-9)21-13-11(18(19)20)12(17-14)15-7-16-13/h3-8H,14H2,1-2H3,(H,15,16,17). The van der Waals surface area contributed by atoms with Crippen molar-refractivity contribution in [3.8, 4) is 0 Å². The number of aromatic nitrogens is 2. The second kappa shape index (κ2) is 6.51. The van der Waals surface area contributed by atoms with Gasteiger partial charge >= 0.3 is 5.69 Å². The number of rotatable bonds is 5. The van der Waals surface area contributed by atoms with Crippen LogP contribution in [0.15, 0.2) is 40.5 Å². The van der Waals surface area contributed by atoms with E-state index in [2.05, 4.69) is 29.2 Å². The lowest BCUT2D eigenvalue weighted by atomic mass is 10.0. The highest BCUT2D eigenvalue weighted by atomic mass is 32.2. The van der Waals surface area contributed by atoms with Gasteiger partial charge in [0, 0.05) is 4.90 Å². The van der Waals surface area contributed by atoms with Gasteiger partial charge in [0.1, 0.15) is 6.33 Å². The summed E-state index contributed by atoms with van der Waals surface area (Å²) in [6.07, 6.45) is 1.24. The summed E-state index contributed by atoms with van der Waals surface area (Å²) in [4.78, 5) is 19.2. The van der Waals surface area contributed by atoms with E-state index in [1.807, 2.05) is 24.3 Å². The summed E-state index contributed by atoms with van der Waals surface area (Å²) in [7, 11) is 0. The zero-order valence-electron chi connectivity index (χ0n) is 11.6. The van der Waals surface area contributed by atoms with E-state index in [9.17, 15) is 10.1 Å². The molecule has 0 saturated heterocycles. The van der Waals surface area contributed by atoms with E-state index in [4.69, 9.17) is 5.84 Å². The van der Waals surface area contributed by atoms with Crippen molar-refractivity contribution in [1.29, 1.82) is 0 Å². The Balaban J connectivity index is 2.33. The van der Waals surface area contributed by atoms with Gasteiger partial charge in [-0.3, -0.25) is 10.1 Å². The van der Waals surface area contributed by atoms with Crippen LogP contribution in [0.3, 0.4) is 0 Å². The van der Waals surface area contributed by atoms with Crippen LogP contribution in [0.2, 0.25) is 0 Å². The number of hydrogen-bond acceptors (Lipinski definition) is 7. The van der Waals surface area contributed by atoms with Crippen molar-refractivity contribution in [2.24, 2.45) is 5.84 Å². The summed E-state index contributed by atoms with van der Waals surface area (Å²) in [5, 5.41) is 11.4. The fourth-order valence-electron chi connectivity index (χ4n) is 1.74. The topological polar surface area (TPSA) is 107 Å². The summed E-state index contributed by atoms with van der Waals surface area (Å²) in [5.41, 5.74) is 3.21. The van der Waals surface area contributed by atoms with E-state index < -0.39 is 4.92 Å². The van der Waals surface area contributed by atoms with Crippen LogP contribution >= 0.6 is 11.8 Å². The van der Waals surface area contributed by atoms with E-state index in [0.29, 0.717) is 5.92 Å². The summed E-state index contributed by atoms with van der Waals surface area (Å²) >= 11 is 1.20. The first-order chi connectivity index (χ1) is 10.0. The van der Waals surface area contributed by atoms with Gasteiger partial charge < -0.3 is 5.43 Å². The van der Waals surface area contributed by atoms with Gasteiger partial charge in [-0.2, -0.15) is 0 Å². The van der Waals surface area contributed by atoms with Crippen molar-refractivity contribution in [3.63, 3.8) is 0 Å². The Morgan fingerprint density at radius 3 is 2.48 bits per heavy atom. The molecule has 0 spiro atoms. The molecule has 110 valence electrons. The molecule has 8 heteroatoms. The van der Waals surface area contributed by atoms with Crippen LogP contribution < -0.4 is 11.3 Å². The van der Waals surface area contributed by atoms with Crippen LogP contribution in [0.4, 0.5) is 11.5 Å². The fraction of sp³-hybridized carbons (Fsp3) is 0.231. The Morgan fingerprint density at radius 2 is 1.95 bits per heavy atom. The maximum atomic E-state index is 11.2. The lowest BCUT2D eigenvalue weighted by Crippen LogP contribution is -2.11. The van der Waals surface area contributed by atoms with E-state index in [1.54, 1.807) is 0 Å². The van der Waals surface area contributed by atoms with Crippen molar-refractivity contribution in [3.05, 3.63) is 46.3 Å². The molecule has 0 unspecified atom stereocenters. The molecule has 0 radical (unpaired) electrons. The fourth-order valence-corrected chi connectivity index (χ4v) is 2.60. The lowest BCUT2D eigenvalue weighted by molar-refractivity contribution is -0.387. The van der Waals surface area contributed by atoms with Crippen LogP contribution in [-0.2, 0) is 0 Å². The largest absolute Gasteiger partial charge is 0.344 e. The number of nitrogens with zero attached hydrogens (tertiary/aromatic N) is 3. The third kappa shape index (κ3) is 3.47. The molecular formula is C13H15N5O2S. The van der Waals surface area contributed by atoms with Gasteiger partial charge in [-0.25, -0.2) is 15.8 Å². The smallest absolute Gasteiger partial charge is 0.303 e.